The Labute approximate surface area is 83.0 Å². The summed E-state index contributed by atoms with van der Waals surface area (Å²) >= 11 is 0. The van der Waals surface area contributed by atoms with E-state index in [1.54, 1.807) is 19.4 Å². The third-order valence-corrected chi connectivity index (χ3v) is 2.60. The Kier molecular flexibility index (Phi) is 2.48. The van der Waals surface area contributed by atoms with Crippen molar-refractivity contribution in [3.63, 3.8) is 0 Å². The molecule has 4 heteroatoms. The molecule has 1 heterocycles. The fourth-order valence-corrected chi connectivity index (χ4v) is 1.58. The highest BCUT2D eigenvalue weighted by Gasteiger charge is 2.39. The van der Waals surface area contributed by atoms with Crippen molar-refractivity contribution in [2.45, 2.75) is 31.5 Å². The summed E-state index contributed by atoms with van der Waals surface area (Å²) in [5.41, 5.74) is 0.0434. The van der Waals surface area contributed by atoms with Crippen molar-refractivity contribution in [2.75, 3.05) is 7.11 Å². The molecule has 1 aliphatic rings. The average Bonchev–Trinajstić information content (AvgIpc) is 2.15. The molecule has 0 bridgehead atoms. The second kappa shape index (κ2) is 3.63. The van der Waals surface area contributed by atoms with E-state index in [4.69, 9.17) is 4.74 Å². The van der Waals surface area contributed by atoms with E-state index < -0.39 is 5.60 Å². The van der Waals surface area contributed by atoms with Gasteiger partial charge in [-0.3, -0.25) is 0 Å². The van der Waals surface area contributed by atoms with Crippen molar-refractivity contribution in [1.29, 1.82) is 0 Å². The number of methoxy groups -OCH3 is 1. The molecule has 1 aromatic rings. The molecule has 0 aromatic carbocycles. The van der Waals surface area contributed by atoms with Crippen LogP contribution < -0.4 is 0 Å². The van der Waals surface area contributed by atoms with Crippen LogP contribution in [0.15, 0.2) is 12.3 Å². The maximum absolute atomic E-state index is 10.0. The lowest BCUT2D eigenvalue weighted by atomic mass is 9.79. The van der Waals surface area contributed by atoms with Crippen molar-refractivity contribution >= 4 is 0 Å². The summed E-state index contributed by atoms with van der Waals surface area (Å²) < 4.78 is 4.98. The maximum atomic E-state index is 10.0. The molecule has 4 nitrogen and oxygen atoms in total. The van der Waals surface area contributed by atoms with E-state index in [0.29, 0.717) is 12.4 Å². The molecule has 0 unspecified atom stereocenters. The van der Waals surface area contributed by atoms with Crippen LogP contribution in [0.2, 0.25) is 0 Å². The SMILES string of the molecule is COCc1ccnc(C2(O)CCC2)n1. The van der Waals surface area contributed by atoms with E-state index in [1.807, 2.05) is 0 Å². The van der Waals surface area contributed by atoms with Gasteiger partial charge in [0, 0.05) is 13.3 Å². The van der Waals surface area contributed by atoms with Crippen molar-refractivity contribution in [1.82, 2.24) is 9.97 Å². The Hall–Kier alpha value is -1.00. The molecule has 14 heavy (non-hydrogen) atoms. The van der Waals surface area contributed by atoms with Crippen LogP contribution in [0, 0.1) is 0 Å². The number of aliphatic hydroxyl groups is 1. The minimum absolute atomic E-state index is 0.464. The third-order valence-electron chi connectivity index (χ3n) is 2.60. The highest BCUT2D eigenvalue weighted by atomic mass is 16.5. The molecule has 1 aromatic heterocycles. The predicted molar refractivity (Wildman–Crippen MR) is 50.5 cm³/mol. The van der Waals surface area contributed by atoms with Gasteiger partial charge in [0.05, 0.1) is 12.3 Å². The van der Waals surface area contributed by atoms with Crippen molar-refractivity contribution < 1.29 is 9.84 Å². The Morgan fingerprint density at radius 3 is 2.93 bits per heavy atom. The van der Waals surface area contributed by atoms with Gasteiger partial charge in [-0.05, 0) is 25.3 Å². The standard InChI is InChI=1S/C10H14N2O2/c1-14-7-8-3-6-11-9(12-8)10(13)4-2-5-10/h3,6,13H,2,4-5,7H2,1H3. The highest BCUT2D eigenvalue weighted by molar-refractivity contribution is 5.10. The Morgan fingerprint density at radius 1 is 1.57 bits per heavy atom. The topological polar surface area (TPSA) is 55.2 Å². The van der Waals surface area contributed by atoms with Crippen LogP contribution in [-0.4, -0.2) is 22.2 Å². The fraction of sp³-hybridized carbons (Fsp3) is 0.600. The van der Waals surface area contributed by atoms with Gasteiger partial charge < -0.3 is 9.84 Å². The molecule has 0 spiro atoms. The van der Waals surface area contributed by atoms with Gasteiger partial charge in [0.15, 0.2) is 5.82 Å². The number of hydrogen-bond acceptors (Lipinski definition) is 4. The van der Waals surface area contributed by atoms with Crippen LogP contribution in [0.25, 0.3) is 0 Å². The van der Waals surface area contributed by atoms with E-state index in [1.165, 1.54) is 0 Å². The summed E-state index contributed by atoms with van der Waals surface area (Å²) in [6, 6.07) is 1.80. The second-order valence-corrected chi connectivity index (χ2v) is 3.69. The Balaban J connectivity index is 2.21. The smallest absolute Gasteiger partial charge is 0.160 e. The fourth-order valence-electron chi connectivity index (χ4n) is 1.58. The zero-order valence-electron chi connectivity index (χ0n) is 8.23. The van der Waals surface area contributed by atoms with Gasteiger partial charge >= 0.3 is 0 Å². The van der Waals surface area contributed by atoms with Gasteiger partial charge in [-0.15, -0.1) is 0 Å². The van der Waals surface area contributed by atoms with Crippen molar-refractivity contribution in [3.05, 3.63) is 23.8 Å². The number of ether oxygens (including phenoxy) is 1. The normalized spacial score (nSPS) is 19.0. The summed E-state index contributed by atoms with van der Waals surface area (Å²) in [7, 11) is 1.62. The monoisotopic (exact) mass is 194 g/mol. The first kappa shape index (κ1) is 9.55. The van der Waals surface area contributed by atoms with Crippen molar-refractivity contribution in [2.24, 2.45) is 0 Å². The molecule has 0 amide bonds. The lowest BCUT2D eigenvalue weighted by Crippen LogP contribution is -2.35. The van der Waals surface area contributed by atoms with Crippen LogP contribution in [0.1, 0.15) is 30.8 Å². The largest absolute Gasteiger partial charge is 0.382 e. The molecular formula is C10H14N2O2. The van der Waals surface area contributed by atoms with Gasteiger partial charge in [0.25, 0.3) is 0 Å². The summed E-state index contributed by atoms with van der Waals surface area (Å²) in [5, 5.41) is 10.0. The van der Waals surface area contributed by atoms with Crippen LogP contribution >= 0.6 is 0 Å². The molecule has 0 aliphatic heterocycles. The molecule has 1 N–H and O–H groups in total. The van der Waals surface area contributed by atoms with Gasteiger partial charge in [0.1, 0.15) is 5.60 Å². The molecule has 1 aliphatic carbocycles. The minimum atomic E-state index is -0.774. The van der Waals surface area contributed by atoms with Gasteiger partial charge in [0.2, 0.25) is 0 Å². The van der Waals surface area contributed by atoms with Crippen LogP contribution in [0.4, 0.5) is 0 Å². The van der Waals surface area contributed by atoms with Crippen molar-refractivity contribution in [3.8, 4) is 0 Å². The Bertz CT molecular complexity index is 324. The number of nitrogens with zero attached hydrogens (tertiary/aromatic N) is 2. The van der Waals surface area contributed by atoms with Crippen LogP contribution in [0.3, 0.4) is 0 Å². The predicted octanol–water partition coefficient (Wildman–Crippen LogP) is 0.994. The average molecular weight is 194 g/mol. The zero-order valence-corrected chi connectivity index (χ0v) is 8.23. The number of aromatic nitrogens is 2. The van der Waals surface area contributed by atoms with E-state index in [2.05, 4.69) is 9.97 Å². The molecule has 2 rings (SSSR count). The quantitative estimate of drug-likeness (QED) is 0.779. The highest BCUT2D eigenvalue weighted by Crippen LogP contribution is 2.38. The van der Waals surface area contributed by atoms with Gasteiger partial charge in [-0.2, -0.15) is 0 Å². The molecule has 0 radical (unpaired) electrons. The molecule has 76 valence electrons. The van der Waals surface area contributed by atoms with E-state index in [0.717, 1.165) is 25.0 Å². The van der Waals surface area contributed by atoms with E-state index in [9.17, 15) is 5.11 Å². The zero-order chi connectivity index (χ0) is 10.0. The molecule has 0 saturated heterocycles. The number of rotatable bonds is 3. The lowest BCUT2D eigenvalue weighted by Gasteiger charge is -2.34. The minimum Gasteiger partial charge on any atom is -0.382 e. The van der Waals surface area contributed by atoms with Gasteiger partial charge in [-0.25, -0.2) is 9.97 Å². The third kappa shape index (κ3) is 1.63. The summed E-state index contributed by atoms with van der Waals surface area (Å²) in [5.74, 6) is 0.540. The maximum Gasteiger partial charge on any atom is 0.160 e. The lowest BCUT2D eigenvalue weighted by molar-refractivity contribution is -0.0471. The number of hydrogen-bond donors (Lipinski definition) is 1. The molecule has 1 fully saturated rings. The van der Waals surface area contributed by atoms with E-state index in [-0.39, 0.29) is 0 Å². The van der Waals surface area contributed by atoms with Crippen LogP contribution in [0.5, 0.6) is 0 Å². The molecule has 1 saturated carbocycles. The summed E-state index contributed by atoms with van der Waals surface area (Å²) in [6.45, 7) is 0.464. The summed E-state index contributed by atoms with van der Waals surface area (Å²) in [4.78, 5) is 8.37. The van der Waals surface area contributed by atoms with E-state index >= 15 is 0 Å². The Morgan fingerprint density at radius 2 is 2.36 bits per heavy atom. The summed E-state index contributed by atoms with van der Waals surface area (Å²) in [6.07, 6.45) is 4.26. The van der Waals surface area contributed by atoms with Gasteiger partial charge in [-0.1, -0.05) is 0 Å². The first-order chi connectivity index (χ1) is 6.74. The van der Waals surface area contributed by atoms with Crippen LogP contribution in [-0.2, 0) is 16.9 Å². The first-order valence-electron chi connectivity index (χ1n) is 4.78. The second-order valence-electron chi connectivity index (χ2n) is 3.69. The first-order valence-corrected chi connectivity index (χ1v) is 4.78. The molecular weight excluding hydrogens is 180 g/mol. The molecule has 0 atom stereocenters.